The van der Waals surface area contributed by atoms with Crippen LogP contribution in [0.1, 0.15) is 40.3 Å². The van der Waals surface area contributed by atoms with Gasteiger partial charge in [-0.15, -0.1) is 0 Å². The van der Waals surface area contributed by atoms with Crippen molar-refractivity contribution in [3.05, 3.63) is 83.8 Å². The minimum absolute atomic E-state index is 0.0638. The molecule has 0 unspecified atom stereocenters. The Morgan fingerprint density at radius 3 is 2.33 bits per heavy atom. The number of ether oxygens (including phenoxy) is 1. The molecule has 2 N–H and O–H groups in total. The van der Waals surface area contributed by atoms with E-state index in [1.165, 1.54) is 0 Å². The Bertz CT molecular complexity index is 1070. The lowest BCUT2D eigenvalue weighted by Crippen LogP contribution is -2.30. The van der Waals surface area contributed by atoms with E-state index in [1.807, 2.05) is 19.9 Å². The maximum atomic E-state index is 12.5. The predicted octanol–water partition coefficient (Wildman–Crippen LogP) is 4.17. The molecule has 0 radical (unpaired) electrons. The van der Waals surface area contributed by atoms with Gasteiger partial charge in [0.15, 0.2) is 6.61 Å². The van der Waals surface area contributed by atoms with Crippen molar-refractivity contribution in [2.24, 2.45) is 0 Å². The molecule has 0 saturated carbocycles. The molecule has 2 amide bonds. The minimum Gasteiger partial charge on any atom is -0.467 e. The molecule has 1 aromatic heterocycles. The standard InChI is InChI=1S/C25H27N3O5/c1-3-28(4-2)24(30)18-11-13-19(14-12-18)27-23(29)17-33-25(31)21-9-5-6-10-22(21)26-16-20-8-7-15-32-20/h5-15,26H,3-4,16-17H2,1-2H3,(H,27,29). The van der Waals surface area contributed by atoms with Crippen LogP contribution in [0.15, 0.2) is 71.3 Å². The number of carbonyl (C=O) groups excluding carboxylic acids is 3. The van der Waals surface area contributed by atoms with E-state index in [-0.39, 0.29) is 5.91 Å². The number of para-hydroxylation sites is 1. The largest absolute Gasteiger partial charge is 0.467 e. The summed E-state index contributed by atoms with van der Waals surface area (Å²) in [6, 6.07) is 17.1. The molecule has 3 aromatic rings. The fraction of sp³-hybridized carbons (Fsp3) is 0.240. The van der Waals surface area contributed by atoms with Gasteiger partial charge in [-0.3, -0.25) is 9.59 Å². The highest BCUT2D eigenvalue weighted by atomic mass is 16.5. The third-order valence-corrected chi connectivity index (χ3v) is 4.98. The highest BCUT2D eigenvalue weighted by Gasteiger charge is 2.15. The molecule has 0 aliphatic rings. The third-order valence-electron chi connectivity index (χ3n) is 4.98. The number of hydrogen-bond donors (Lipinski definition) is 2. The van der Waals surface area contributed by atoms with Crippen LogP contribution in [0.5, 0.6) is 0 Å². The van der Waals surface area contributed by atoms with Crippen molar-refractivity contribution in [3.8, 4) is 0 Å². The van der Waals surface area contributed by atoms with Gasteiger partial charge in [0.05, 0.1) is 18.4 Å². The maximum Gasteiger partial charge on any atom is 0.340 e. The molecule has 33 heavy (non-hydrogen) atoms. The van der Waals surface area contributed by atoms with Crippen LogP contribution < -0.4 is 10.6 Å². The van der Waals surface area contributed by atoms with Crippen LogP contribution in [-0.4, -0.2) is 42.4 Å². The number of furan rings is 1. The van der Waals surface area contributed by atoms with Crippen molar-refractivity contribution >= 4 is 29.2 Å². The van der Waals surface area contributed by atoms with Gasteiger partial charge in [0, 0.05) is 30.0 Å². The molecular weight excluding hydrogens is 422 g/mol. The number of hydrogen-bond acceptors (Lipinski definition) is 6. The topological polar surface area (TPSA) is 101 Å². The van der Waals surface area contributed by atoms with Gasteiger partial charge in [-0.25, -0.2) is 4.79 Å². The fourth-order valence-electron chi connectivity index (χ4n) is 3.21. The van der Waals surface area contributed by atoms with Gasteiger partial charge in [-0.05, 0) is 62.4 Å². The van der Waals surface area contributed by atoms with Crippen LogP contribution in [0.2, 0.25) is 0 Å². The smallest absolute Gasteiger partial charge is 0.340 e. The number of nitrogens with zero attached hydrogens (tertiary/aromatic N) is 1. The summed E-state index contributed by atoms with van der Waals surface area (Å²) in [5.74, 6) is -0.437. The summed E-state index contributed by atoms with van der Waals surface area (Å²) in [4.78, 5) is 38.8. The van der Waals surface area contributed by atoms with Gasteiger partial charge in [0.25, 0.3) is 11.8 Å². The summed E-state index contributed by atoms with van der Waals surface area (Å²) in [6.45, 7) is 5.06. The fourth-order valence-corrected chi connectivity index (χ4v) is 3.21. The molecule has 0 bridgehead atoms. The Balaban J connectivity index is 1.53. The molecule has 3 rings (SSSR count). The number of rotatable bonds is 10. The molecule has 0 saturated heterocycles. The second-order valence-corrected chi connectivity index (χ2v) is 7.16. The average molecular weight is 450 g/mol. The lowest BCUT2D eigenvalue weighted by Gasteiger charge is -2.18. The Morgan fingerprint density at radius 2 is 1.67 bits per heavy atom. The maximum absolute atomic E-state index is 12.5. The normalized spacial score (nSPS) is 10.4. The third kappa shape index (κ3) is 6.46. The first kappa shape index (κ1) is 23.6. The van der Waals surface area contributed by atoms with Crippen LogP contribution in [0.3, 0.4) is 0 Å². The number of benzene rings is 2. The Labute approximate surface area is 192 Å². The van der Waals surface area contributed by atoms with Gasteiger partial charge in [-0.1, -0.05) is 12.1 Å². The van der Waals surface area contributed by atoms with E-state index in [9.17, 15) is 14.4 Å². The summed E-state index contributed by atoms with van der Waals surface area (Å²) in [5.41, 5.74) is 1.94. The van der Waals surface area contributed by atoms with Gasteiger partial charge < -0.3 is 24.7 Å². The van der Waals surface area contributed by atoms with E-state index in [1.54, 1.807) is 65.8 Å². The molecule has 2 aromatic carbocycles. The zero-order chi connectivity index (χ0) is 23.6. The van der Waals surface area contributed by atoms with Crippen LogP contribution in [-0.2, 0) is 16.1 Å². The zero-order valence-corrected chi connectivity index (χ0v) is 18.7. The van der Waals surface area contributed by atoms with Crippen LogP contribution in [0, 0.1) is 0 Å². The van der Waals surface area contributed by atoms with Gasteiger partial charge in [0.1, 0.15) is 5.76 Å². The highest BCUT2D eigenvalue weighted by molar-refractivity contribution is 5.99. The van der Waals surface area contributed by atoms with Gasteiger partial charge in [-0.2, -0.15) is 0 Å². The molecular formula is C25H27N3O5. The van der Waals surface area contributed by atoms with E-state index >= 15 is 0 Å². The number of anilines is 2. The molecule has 0 fully saturated rings. The molecule has 0 aliphatic heterocycles. The minimum atomic E-state index is -0.618. The number of esters is 1. The molecule has 172 valence electrons. The van der Waals surface area contributed by atoms with Gasteiger partial charge in [0.2, 0.25) is 0 Å². The monoisotopic (exact) mass is 449 g/mol. The van der Waals surface area contributed by atoms with E-state index in [0.717, 1.165) is 5.76 Å². The van der Waals surface area contributed by atoms with Crippen LogP contribution in [0.25, 0.3) is 0 Å². The van der Waals surface area contributed by atoms with E-state index in [4.69, 9.17) is 9.15 Å². The lowest BCUT2D eigenvalue weighted by atomic mass is 10.1. The Morgan fingerprint density at radius 1 is 0.939 bits per heavy atom. The van der Waals surface area contributed by atoms with E-state index in [0.29, 0.717) is 42.1 Å². The summed E-state index contributed by atoms with van der Waals surface area (Å²) in [7, 11) is 0. The summed E-state index contributed by atoms with van der Waals surface area (Å²) in [5, 5.41) is 5.79. The summed E-state index contributed by atoms with van der Waals surface area (Å²) < 4.78 is 10.5. The predicted molar refractivity (Wildman–Crippen MR) is 125 cm³/mol. The molecule has 0 aliphatic carbocycles. The second-order valence-electron chi connectivity index (χ2n) is 7.16. The van der Waals surface area contributed by atoms with Crippen molar-refractivity contribution in [1.29, 1.82) is 0 Å². The first-order valence-corrected chi connectivity index (χ1v) is 10.7. The molecule has 1 heterocycles. The van der Waals surface area contributed by atoms with Crippen LogP contribution in [0.4, 0.5) is 11.4 Å². The van der Waals surface area contributed by atoms with Crippen molar-refractivity contribution in [1.82, 2.24) is 4.90 Å². The van der Waals surface area contributed by atoms with Crippen LogP contribution >= 0.6 is 0 Å². The number of carbonyl (C=O) groups is 3. The number of nitrogens with one attached hydrogen (secondary N) is 2. The van der Waals surface area contributed by atoms with E-state index < -0.39 is 18.5 Å². The molecule has 8 heteroatoms. The SMILES string of the molecule is CCN(CC)C(=O)c1ccc(NC(=O)COC(=O)c2ccccc2NCc2ccco2)cc1. The first-order chi connectivity index (χ1) is 16.0. The zero-order valence-electron chi connectivity index (χ0n) is 18.7. The van der Waals surface area contributed by atoms with Crippen molar-refractivity contribution in [3.63, 3.8) is 0 Å². The summed E-state index contributed by atoms with van der Waals surface area (Å²) >= 11 is 0. The molecule has 8 nitrogen and oxygen atoms in total. The molecule has 0 atom stereocenters. The van der Waals surface area contributed by atoms with Gasteiger partial charge >= 0.3 is 5.97 Å². The molecule has 0 spiro atoms. The second kappa shape index (κ2) is 11.5. The summed E-state index contributed by atoms with van der Waals surface area (Å²) in [6.07, 6.45) is 1.58. The highest BCUT2D eigenvalue weighted by Crippen LogP contribution is 2.18. The Kier molecular flexibility index (Phi) is 8.24. The van der Waals surface area contributed by atoms with E-state index in [2.05, 4.69) is 10.6 Å². The van der Waals surface area contributed by atoms with Crippen molar-refractivity contribution in [2.75, 3.05) is 30.3 Å². The number of amides is 2. The average Bonchev–Trinajstić information content (AvgIpc) is 3.36. The Hall–Kier alpha value is -4.07. The first-order valence-electron chi connectivity index (χ1n) is 10.7. The van der Waals surface area contributed by atoms with Crippen molar-refractivity contribution < 1.29 is 23.5 Å². The van der Waals surface area contributed by atoms with Crippen molar-refractivity contribution in [2.45, 2.75) is 20.4 Å². The quantitative estimate of drug-likeness (QED) is 0.451. The lowest BCUT2D eigenvalue weighted by molar-refractivity contribution is -0.119.